The van der Waals surface area contributed by atoms with Crippen molar-refractivity contribution in [3.8, 4) is 23.0 Å². The number of hydrogen-bond donors (Lipinski definition) is 10. The first-order chi connectivity index (χ1) is 56.1. The van der Waals surface area contributed by atoms with Gasteiger partial charge in [0.05, 0.1) is 89.2 Å². The quantitative estimate of drug-likeness (QED) is 0.0167. The first-order valence-electron chi connectivity index (χ1n) is 44.6. The molecule has 0 saturated heterocycles. The Morgan fingerprint density at radius 3 is 1.60 bits per heavy atom. The summed E-state index contributed by atoms with van der Waals surface area (Å²) < 4.78 is 44.1. The van der Waals surface area contributed by atoms with Crippen LogP contribution in [0, 0.1) is 80.8 Å². The molecule has 12 N–H and O–H groups in total. The normalized spacial score (nSPS) is 30.9. The summed E-state index contributed by atoms with van der Waals surface area (Å²) in [7, 11) is 2.67. The first-order valence-corrected chi connectivity index (χ1v) is 44.6. The highest BCUT2D eigenvalue weighted by Crippen LogP contribution is 2.71. The topological polar surface area (TPSA) is 408 Å². The number of aromatic hydroxyl groups is 2. The van der Waals surface area contributed by atoms with E-state index in [1.54, 1.807) is 0 Å². The van der Waals surface area contributed by atoms with E-state index in [0.717, 1.165) is 122 Å². The fraction of sp³-hybridized carbons (Fsp3) is 0.783. The third-order valence-corrected chi connectivity index (χ3v) is 30.1. The van der Waals surface area contributed by atoms with Crippen LogP contribution in [-0.4, -0.2) is 187 Å². The highest BCUT2D eigenvalue weighted by molar-refractivity contribution is 6.03. The molecule has 0 heterocycles. The van der Waals surface area contributed by atoms with Gasteiger partial charge in [0, 0.05) is 50.3 Å². The molecule has 8 fully saturated rings. The van der Waals surface area contributed by atoms with Gasteiger partial charge in [-0.15, -0.1) is 0 Å². The fourth-order valence-electron chi connectivity index (χ4n) is 24.2. The number of nitrogens with one attached hydrogen (secondary N) is 2. The molecular weight excluding hydrogens is 1510 g/mol. The van der Waals surface area contributed by atoms with E-state index in [1.807, 2.05) is 0 Å². The number of primary amides is 2. The number of unbranched alkanes of at least 4 members (excludes halogenated alkanes) is 6. The zero-order chi connectivity index (χ0) is 85.9. The second-order valence-corrected chi connectivity index (χ2v) is 37.5. The highest BCUT2D eigenvalue weighted by atomic mass is 16.6. The van der Waals surface area contributed by atoms with E-state index in [9.17, 15) is 69.0 Å². The van der Waals surface area contributed by atoms with Gasteiger partial charge in [0.2, 0.25) is 11.8 Å². The van der Waals surface area contributed by atoms with Crippen molar-refractivity contribution in [2.24, 2.45) is 92.3 Å². The maximum atomic E-state index is 13.4. The third-order valence-electron chi connectivity index (χ3n) is 30.1. The predicted molar refractivity (Wildman–Crippen MR) is 444 cm³/mol. The number of fused-ring (bicyclic) bond motifs is 10. The van der Waals surface area contributed by atoms with Crippen molar-refractivity contribution in [3.05, 3.63) is 41.0 Å². The SMILES string of the molecule is CCCCCC[C@](C)(O)[C@H]1CC[C@H]2[C@@H]3C[C@H](O)[C@H]4C[C@@H](OC(=O)CCC(=O)CCCOCCOCC(=O)Nc5ccc(OC)c(C(N)=O)c5O)CC[C@]4(C)[C@H]3CC[C@@]21C.CCCCCC[C@](C)(O)[C@H]1CC[C@H]2[C@@H]3C[C@H](OC(=O)CCC(=O)NCCOCCOCC(=O)Cc4ccc(OC)c(C(N)=O)c4O)[C@H]4C[C@@H](O)CC[C@]4(C)[C@H]3CC[C@@]21C. The molecule has 0 unspecified atom stereocenters. The van der Waals surface area contributed by atoms with Crippen LogP contribution in [0.25, 0.3) is 0 Å². The summed E-state index contributed by atoms with van der Waals surface area (Å²) in [6.07, 6.45) is 25.3. The molecule has 0 bridgehead atoms. The van der Waals surface area contributed by atoms with Gasteiger partial charge in [-0.3, -0.25) is 38.4 Å². The lowest BCUT2D eigenvalue weighted by Crippen LogP contribution is -2.59. The lowest BCUT2D eigenvalue weighted by Gasteiger charge is -2.63. The molecule has 664 valence electrons. The number of aliphatic hydroxyl groups excluding tert-OH is 2. The Balaban J connectivity index is 0.000000269. The summed E-state index contributed by atoms with van der Waals surface area (Å²) in [5.41, 5.74) is 9.20. The first kappa shape index (κ1) is 95.3. The molecule has 20 atom stereocenters. The molecule has 26 nitrogen and oxygen atoms in total. The largest absolute Gasteiger partial charge is 0.507 e. The van der Waals surface area contributed by atoms with E-state index in [4.69, 9.17) is 49.4 Å². The number of amides is 4. The van der Waals surface area contributed by atoms with Crippen LogP contribution in [0.5, 0.6) is 23.0 Å². The summed E-state index contributed by atoms with van der Waals surface area (Å²) in [5, 5.41) is 72.1. The van der Waals surface area contributed by atoms with Crippen LogP contribution >= 0.6 is 0 Å². The predicted octanol–water partition coefficient (Wildman–Crippen LogP) is 12.7. The van der Waals surface area contributed by atoms with E-state index in [2.05, 4.69) is 66.0 Å². The van der Waals surface area contributed by atoms with Gasteiger partial charge in [-0.1, -0.05) is 99.0 Å². The van der Waals surface area contributed by atoms with Gasteiger partial charge >= 0.3 is 11.9 Å². The van der Waals surface area contributed by atoms with Gasteiger partial charge in [-0.05, 0) is 229 Å². The maximum absolute atomic E-state index is 13.4. The number of rotatable bonds is 44. The van der Waals surface area contributed by atoms with Crippen molar-refractivity contribution < 1.29 is 107 Å². The van der Waals surface area contributed by atoms with Crippen LogP contribution < -0.4 is 31.6 Å². The Hall–Kier alpha value is -6.52. The van der Waals surface area contributed by atoms with E-state index >= 15 is 0 Å². The van der Waals surface area contributed by atoms with Gasteiger partial charge in [-0.25, -0.2) is 0 Å². The summed E-state index contributed by atoms with van der Waals surface area (Å²) in [6, 6.07) is 5.73. The number of ketones is 2. The zero-order valence-electron chi connectivity index (χ0n) is 72.5. The van der Waals surface area contributed by atoms with Gasteiger partial charge in [0.1, 0.15) is 59.6 Å². The Bertz CT molecular complexity index is 3700. The molecule has 118 heavy (non-hydrogen) atoms. The van der Waals surface area contributed by atoms with Crippen molar-refractivity contribution >= 4 is 52.8 Å². The number of Topliss-reactive ketones (excluding diaryl/α,β-unsaturated/α-hetero) is 2. The number of esters is 2. The molecular formula is C92H144N4O22. The number of carbonyl (C=O) groups excluding carboxylic acids is 8. The van der Waals surface area contributed by atoms with Crippen LogP contribution in [0.2, 0.25) is 0 Å². The van der Waals surface area contributed by atoms with Gasteiger partial charge in [-0.2, -0.15) is 0 Å². The standard InChI is InChI=1S/2C46H72N2O11/c1-6-7-8-9-18-46(4,55)38-13-11-33-32-27-37(35-26-30(49)16-19-44(35,2)34(32)17-20-45(33,38)3)59-40(52)15-14-39(51)48-21-22-57-23-24-58-28-31(50)25-29-10-12-36(56-5)41(42(29)53)43(47)54;1-6-7-8-9-20-46(4,55)38-16-13-32-31-27-36(50)34-26-30(18-21-44(34,2)33(31)19-22-45(32,38)3)59-40(52)17-12-29(49)11-10-23-57-24-25-58-28-39(51)48-35-14-15-37(56-5)41(42(35)53)43(47)54/h10,12,30,32-35,37-38,49,53,55H,6-9,11,13-28H2,1-5H3,(H2,47,54)(H,48,51);14-15,30-34,36,38,50,53,55H,6-13,16-28H2,1-5H3,(H2,47,54)(H,48,51)/t30-,32-,33-,34-,35+,37-,38-,44+,45-,46-;30-,31-,32-,33-,34+,36-,38-,44+,45-,46-/m00/s1. The average Bonchev–Trinajstić information content (AvgIpc) is 1.41. The number of phenols is 2. The molecule has 4 amide bonds. The molecule has 26 heteroatoms. The maximum Gasteiger partial charge on any atom is 0.306 e. The molecule has 0 radical (unpaired) electrons. The summed E-state index contributed by atoms with van der Waals surface area (Å²) in [6.45, 7) is 19.1. The van der Waals surface area contributed by atoms with Crippen molar-refractivity contribution in [2.45, 2.75) is 303 Å². The van der Waals surface area contributed by atoms with E-state index in [1.165, 1.54) is 70.6 Å². The number of aliphatic hydroxyl groups is 4. The van der Waals surface area contributed by atoms with Gasteiger partial charge in [0.15, 0.2) is 11.5 Å². The number of methoxy groups -OCH3 is 2. The summed E-state index contributed by atoms with van der Waals surface area (Å²) in [5.74, 6) is -0.847. The lowest BCUT2D eigenvalue weighted by atomic mass is 9.43. The number of carbonyl (C=O) groups is 8. The minimum atomic E-state index is -0.903. The van der Waals surface area contributed by atoms with Crippen molar-refractivity contribution in [3.63, 3.8) is 0 Å². The van der Waals surface area contributed by atoms with Gasteiger partial charge < -0.3 is 90.6 Å². The Kier molecular flexibility index (Phi) is 34.7. The van der Waals surface area contributed by atoms with E-state index in [0.29, 0.717) is 67.3 Å². The van der Waals surface area contributed by atoms with Crippen molar-refractivity contribution in [2.75, 3.05) is 78.9 Å². The minimum absolute atomic E-state index is 0.00608. The number of anilines is 1. The van der Waals surface area contributed by atoms with E-state index in [-0.39, 0.29) is 206 Å². The smallest absolute Gasteiger partial charge is 0.306 e. The Labute approximate surface area is 699 Å². The average molecular weight is 1660 g/mol. The molecule has 0 aliphatic heterocycles. The molecule has 10 rings (SSSR count). The molecule has 2 aromatic rings. The minimum Gasteiger partial charge on any atom is -0.507 e. The second-order valence-electron chi connectivity index (χ2n) is 37.5. The number of nitrogens with two attached hydrogens (primary N) is 2. The monoisotopic (exact) mass is 1660 g/mol. The Morgan fingerprint density at radius 2 is 1.01 bits per heavy atom. The van der Waals surface area contributed by atoms with Crippen LogP contribution in [0.4, 0.5) is 5.69 Å². The zero-order valence-corrected chi connectivity index (χ0v) is 72.5. The second kappa shape index (κ2) is 43.0. The van der Waals surface area contributed by atoms with Crippen LogP contribution in [0.3, 0.4) is 0 Å². The number of ether oxygens (including phenoxy) is 8. The third kappa shape index (κ3) is 23.2. The van der Waals surface area contributed by atoms with Crippen molar-refractivity contribution in [1.29, 1.82) is 0 Å². The van der Waals surface area contributed by atoms with E-state index < -0.39 is 52.6 Å². The number of hydrogen-bond acceptors (Lipinski definition) is 22. The molecule has 8 aliphatic rings. The summed E-state index contributed by atoms with van der Waals surface area (Å²) in [4.78, 5) is 99.5. The summed E-state index contributed by atoms with van der Waals surface area (Å²) >= 11 is 0. The van der Waals surface area contributed by atoms with Crippen LogP contribution in [0.1, 0.15) is 287 Å². The van der Waals surface area contributed by atoms with Crippen LogP contribution in [-0.2, 0) is 63.6 Å². The molecule has 8 aliphatic carbocycles. The molecule has 8 saturated carbocycles. The van der Waals surface area contributed by atoms with Crippen molar-refractivity contribution in [1.82, 2.24) is 5.32 Å². The lowest BCUT2D eigenvalue weighted by molar-refractivity contribution is -0.197. The van der Waals surface area contributed by atoms with Gasteiger partial charge in [0.25, 0.3) is 11.8 Å². The molecule has 2 aromatic carbocycles. The Morgan fingerprint density at radius 1 is 0.492 bits per heavy atom. The van der Waals surface area contributed by atoms with Crippen LogP contribution in [0.15, 0.2) is 24.3 Å². The molecule has 0 aromatic heterocycles. The number of benzene rings is 2. The molecule has 0 spiro atoms. The highest BCUT2D eigenvalue weighted by Gasteiger charge is 2.66. The fourth-order valence-corrected chi connectivity index (χ4v) is 24.2.